The molecule has 2 heterocycles. The van der Waals surface area contributed by atoms with Crippen LogP contribution in [-0.2, 0) is 5.41 Å². The molecule has 0 amide bonds. The highest BCUT2D eigenvalue weighted by atomic mass is 16.1. The first-order valence-corrected chi connectivity index (χ1v) is 8.96. The molecule has 0 radical (unpaired) electrons. The molecule has 0 aliphatic carbocycles. The number of aromatic nitrogens is 6. The van der Waals surface area contributed by atoms with Crippen LogP contribution in [0.2, 0.25) is 0 Å². The number of hydrogen-bond acceptors (Lipinski definition) is 5. The number of nitrogens with zero attached hydrogens (tertiary/aromatic N) is 6. The average molecular weight is 372 g/mol. The van der Waals surface area contributed by atoms with Crippen molar-refractivity contribution in [2.45, 2.75) is 26.2 Å². The standard InChI is InChI=1S/C21H20N6O/c1-21(2,3)20-13-23-25-27(20)18-10-6-16(7-11-18)19-12-22-24-26(19)17-8-4-15(14-28)5-9-17/h4-14H,1-3H3. The minimum absolute atomic E-state index is 0.0572. The molecule has 2 aromatic heterocycles. The molecular weight excluding hydrogens is 352 g/mol. The van der Waals surface area contributed by atoms with Crippen molar-refractivity contribution in [1.82, 2.24) is 30.0 Å². The van der Waals surface area contributed by atoms with Gasteiger partial charge in [-0.2, -0.15) is 0 Å². The summed E-state index contributed by atoms with van der Waals surface area (Å²) in [5, 5.41) is 16.5. The number of rotatable bonds is 4. The summed E-state index contributed by atoms with van der Waals surface area (Å²) in [7, 11) is 0. The van der Waals surface area contributed by atoms with Crippen LogP contribution in [0.4, 0.5) is 0 Å². The van der Waals surface area contributed by atoms with Crippen LogP contribution in [0.25, 0.3) is 22.6 Å². The first kappa shape index (κ1) is 17.8. The highest BCUT2D eigenvalue weighted by molar-refractivity contribution is 5.75. The van der Waals surface area contributed by atoms with Crippen LogP contribution in [0.5, 0.6) is 0 Å². The van der Waals surface area contributed by atoms with E-state index in [4.69, 9.17) is 0 Å². The molecule has 0 atom stereocenters. The summed E-state index contributed by atoms with van der Waals surface area (Å²) in [5.74, 6) is 0. The molecule has 0 saturated heterocycles. The smallest absolute Gasteiger partial charge is 0.150 e. The Labute approximate surface area is 162 Å². The summed E-state index contributed by atoms with van der Waals surface area (Å²) in [6, 6.07) is 15.3. The predicted octanol–water partition coefficient (Wildman–Crippen LogP) is 3.63. The lowest BCUT2D eigenvalue weighted by Crippen LogP contribution is -2.17. The zero-order chi connectivity index (χ0) is 19.7. The van der Waals surface area contributed by atoms with E-state index >= 15 is 0 Å². The number of benzene rings is 2. The average Bonchev–Trinajstić information content (AvgIpc) is 3.37. The third-order valence-corrected chi connectivity index (χ3v) is 4.55. The quantitative estimate of drug-likeness (QED) is 0.511. The molecule has 0 N–H and O–H groups in total. The SMILES string of the molecule is CC(C)(C)c1cnnn1-c1ccc(-c2cnnn2-c2ccc(C=O)cc2)cc1. The molecule has 4 aromatic rings. The Balaban J connectivity index is 1.68. The van der Waals surface area contributed by atoms with Crippen LogP contribution < -0.4 is 0 Å². The maximum atomic E-state index is 10.9. The van der Waals surface area contributed by atoms with Gasteiger partial charge < -0.3 is 0 Å². The third kappa shape index (κ3) is 3.22. The van der Waals surface area contributed by atoms with Crippen LogP contribution in [-0.4, -0.2) is 36.3 Å². The number of aldehydes is 1. The molecule has 0 bridgehead atoms. The molecule has 7 heteroatoms. The molecule has 0 spiro atoms. The summed E-state index contributed by atoms with van der Waals surface area (Å²) in [6.45, 7) is 6.41. The molecule has 7 nitrogen and oxygen atoms in total. The van der Waals surface area contributed by atoms with Crippen molar-refractivity contribution >= 4 is 6.29 Å². The van der Waals surface area contributed by atoms with Crippen LogP contribution in [0, 0.1) is 0 Å². The minimum atomic E-state index is -0.0572. The van der Waals surface area contributed by atoms with E-state index in [-0.39, 0.29) is 5.41 Å². The molecule has 0 aliphatic heterocycles. The van der Waals surface area contributed by atoms with Gasteiger partial charge >= 0.3 is 0 Å². The van der Waals surface area contributed by atoms with E-state index in [1.54, 1.807) is 29.2 Å². The molecule has 4 rings (SSSR count). The first-order chi connectivity index (χ1) is 13.5. The fourth-order valence-corrected chi connectivity index (χ4v) is 3.03. The lowest BCUT2D eigenvalue weighted by molar-refractivity contribution is 0.112. The Hall–Kier alpha value is -3.61. The largest absolute Gasteiger partial charge is 0.298 e. The van der Waals surface area contributed by atoms with Gasteiger partial charge in [0.05, 0.1) is 35.2 Å². The van der Waals surface area contributed by atoms with Crippen molar-refractivity contribution in [3.8, 4) is 22.6 Å². The van der Waals surface area contributed by atoms with Crippen LogP contribution in [0.3, 0.4) is 0 Å². The third-order valence-electron chi connectivity index (χ3n) is 4.55. The zero-order valence-corrected chi connectivity index (χ0v) is 15.9. The summed E-state index contributed by atoms with van der Waals surface area (Å²) >= 11 is 0. The van der Waals surface area contributed by atoms with Gasteiger partial charge in [0.15, 0.2) is 0 Å². The Bertz CT molecular complexity index is 1100. The van der Waals surface area contributed by atoms with Crippen molar-refractivity contribution in [1.29, 1.82) is 0 Å². The van der Waals surface area contributed by atoms with Crippen molar-refractivity contribution in [2.24, 2.45) is 0 Å². The van der Waals surface area contributed by atoms with Gasteiger partial charge in [0.25, 0.3) is 0 Å². The normalized spacial score (nSPS) is 11.5. The van der Waals surface area contributed by atoms with Gasteiger partial charge in [-0.3, -0.25) is 4.79 Å². The molecule has 0 aliphatic rings. The molecule has 0 fully saturated rings. The molecule has 28 heavy (non-hydrogen) atoms. The summed E-state index contributed by atoms with van der Waals surface area (Å²) in [6.07, 6.45) is 4.34. The second kappa shape index (κ2) is 6.84. The predicted molar refractivity (Wildman–Crippen MR) is 106 cm³/mol. The number of carbonyl (C=O) groups excluding carboxylic acids is 1. The molecule has 0 saturated carbocycles. The van der Waals surface area contributed by atoms with Gasteiger partial charge in [0.1, 0.15) is 6.29 Å². The lowest BCUT2D eigenvalue weighted by Gasteiger charge is -2.19. The highest BCUT2D eigenvalue weighted by Gasteiger charge is 2.20. The van der Waals surface area contributed by atoms with Crippen molar-refractivity contribution in [2.75, 3.05) is 0 Å². The Morgan fingerprint density at radius 1 is 0.786 bits per heavy atom. The molecule has 0 unspecified atom stereocenters. The lowest BCUT2D eigenvalue weighted by atomic mass is 9.92. The fourth-order valence-electron chi connectivity index (χ4n) is 3.03. The van der Waals surface area contributed by atoms with Crippen molar-refractivity contribution in [3.05, 3.63) is 72.2 Å². The van der Waals surface area contributed by atoms with Gasteiger partial charge in [0.2, 0.25) is 0 Å². The number of carbonyl (C=O) groups is 1. The topological polar surface area (TPSA) is 78.5 Å². The number of hydrogen-bond donors (Lipinski definition) is 0. The Morgan fingerprint density at radius 2 is 1.36 bits per heavy atom. The molecule has 140 valence electrons. The summed E-state index contributed by atoms with van der Waals surface area (Å²) in [4.78, 5) is 10.9. The van der Waals surface area contributed by atoms with E-state index < -0.39 is 0 Å². The van der Waals surface area contributed by atoms with Gasteiger partial charge in [0, 0.05) is 16.5 Å². The fraction of sp³-hybridized carbons (Fsp3) is 0.190. The van der Waals surface area contributed by atoms with E-state index in [2.05, 4.69) is 41.4 Å². The summed E-state index contributed by atoms with van der Waals surface area (Å²) in [5.41, 5.74) is 5.23. The van der Waals surface area contributed by atoms with Gasteiger partial charge in [-0.1, -0.05) is 43.3 Å². The van der Waals surface area contributed by atoms with Gasteiger partial charge in [-0.25, -0.2) is 9.36 Å². The minimum Gasteiger partial charge on any atom is -0.298 e. The first-order valence-electron chi connectivity index (χ1n) is 8.96. The van der Waals surface area contributed by atoms with E-state index in [0.717, 1.165) is 34.6 Å². The monoisotopic (exact) mass is 372 g/mol. The zero-order valence-electron chi connectivity index (χ0n) is 15.9. The Morgan fingerprint density at radius 3 is 2.00 bits per heavy atom. The second-order valence-electron chi connectivity index (χ2n) is 7.57. The Kier molecular flexibility index (Phi) is 4.35. The maximum absolute atomic E-state index is 10.9. The van der Waals surface area contributed by atoms with E-state index in [1.807, 2.05) is 41.1 Å². The van der Waals surface area contributed by atoms with Crippen molar-refractivity contribution < 1.29 is 4.79 Å². The maximum Gasteiger partial charge on any atom is 0.150 e. The van der Waals surface area contributed by atoms with Gasteiger partial charge in [-0.15, -0.1) is 10.2 Å². The van der Waals surface area contributed by atoms with Gasteiger partial charge in [-0.05, 0) is 36.4 Å². The van der Waals surface area contributed by atoms with E-state index in [1.165, 1.54) is 0 Å². The van der Waals surface area contributed by atoms with E-state index in [0.29, 0.717) is 5.56 Å². The molecule has 2 aromatic carbocycles. The molecular formula is C21H20N6O. The van der Waals surface area contributed by atoms with Crippen LogP contribution in [0.15, 0.2) is 60.9 Å². The summed E-state index contributed by atoms with van der Waals surface area (Å²) < 4.78 is 3.61. The van der Waals surface area contributed by atoms with E-state index in [9.17, 15) is 4.79 Å². The van der Waals surface area contributed by atoms with Crippen molar-refractivity contribution in [3.63, 3.8) is 0 Å². The van der Waals surface area contributed by atoms with Crippen LogP contribution >= 0.6 is 0 Å². The second-order valence-corrected chi connectivity index (χ2v) is 7.57. The van der Waals surface area contributed by atoms with Crippen LogP contribution in [0.1, 0.15) is 36.8 Å². The highest BCUT2D eigenvalue weighted by Crippen LogP contribution is 2.26.